The van der Waals surface area contributed by atoms with Crippen molar-refractivity contribution in [3.05, 3.63) is 34.8 Å². The van der Waals surface area contributed by atoms with Crippen LogP contribution in [0.3, 0.4) is 0 Å². The summed E-state index contributed by atoms with van der Waals surface area (Å²) in [4.78, 5) is 12.7. The summed E-state index contributed by atoms with van der Waals surface area (Å²) in [6, 6.07) is 5.16. The molecule has 0 spiro atoms. The Hall–Kier alpha value is -1.95. The summed E-state index contributed by atoms with van der Waals surface area (Å²) in [5, 5.41) is 3.67. The smallest absolute Gasteiger partial charge is 0.206 e. The zero-order valence-electron chi connectivity index (χ0n) is 10.8. The van der Waals surface area contributed by atoms with Crippen molar-refractivity contribution in [2.75, 3.05) is 13.2 Å². The van der Waals surface area contributed by atoms with Crippen LogP contribution < -0.4 is 9.47 Å². The third kappa shape index (κ3) is 3.08. The number of nitrogens with zero attached hydrogens (tertiary/aromatic N) is 2. The van der Waals surface area contributed by atoms with E-state index < -0.39 is 0 Å². The molecule has 100 valence electrons. The quantitative estimate of drug-likeness (QED) is 0.760. The Balaban J connectivity index is 2.32. The molecule has 0 bridgehead atoms. The number of ketones is 1. The molecule has 1 aromatic carbocycles. The minimum absolute atomic E-state index is 0.112. The standard InChI is InChI=1S/C13H14N2O3S/c1-3-17-10-6-5-9(7-11(10)18-4-2)13(16)12-8-14-15-19-12/h5-8H,3-4H2,1-2H3. The molecular weight excluding hydrogens is 264 g/mol. The van der Waals surface area contributed by atoms with E-state index >= 15 is 0 Å². The molecule has 0 unspecified atom stereocenters. The predicted octanol–water partition coefficient (Wildman–Crippen LogP) is 2.57. The van der Waals surface area contributed by atoms with Gasteiger partial charge in [-0.15, -0.1) is 5.10 Å². The van der Waals surface area contributed by atoms with Crippen molar-refractivity contribution < 1.29 is 14.3 Å². The van der Waals surface area contributed by atoms with Crippen molar-refractivity contribution in [1.29, 1.82) is 0 Å². The highest BCUT2D eigenvalue weighted by molar-refractivity contribution is 7.08. The molecule has 0 N–H and O–H groups in total. The van der Waals surface area contributed by atoms with Gasteiger partial charge >= 0.3 is 0 Å². The van der Waals surface area contributed by atoms with Gasteiger partial charge in [0.05, 0.1) is 19.4 Å². The molecule has 0 aliphatic heterocycles. The van der Waals surface area contributed by atoms with Crippen LogP contribution in [0.1, 0.15) is 29.1 Å². The first-order chi connectivity index (χ1) is 9.26. The molecule has 1 heterocycles. The third-order valence-electron chi connectivity index (χ3n) is 2.39. The van der Waals surface area contributed by atoms with Crippen molar-refractivity contribution in [2.24, 2.45) is 0 Å². The van der Waals surface area contributed by atoms with Crippen LogP contribution in [0, 0.1) is 0 Å². The summed E-state index contributed by atoms with van der Waals surface area (Å²) >= 11 is 1.08. The zero-order chi connectivity index (χ0) is 13.7. The van der Waals surface area contributed by atoms with E-state index in [1.807, 2.05) is 13.8 Å². The number of hydrogen-bond donors (Lipinski definition) is 0. The van der Waals surface area contributed by atoms with E-state index in [1.165, 1.54) is 6.20 Å². The molecule has 0 saturated carbocycles. The minimum atomic E-state index is -0.112. The summed E-state index contributed by atoms with van der Waals surface area (Å²) in [6.45, 7) is 4.85. The summed E-state index contributed by atoms with van der Waals surface area (Å²) < 4.78 is 14.6. The molecule has 19 heavy (non-hydrogen) atoms. The molecule has 0 atom stereocenters. The maximum Gasteiger partial charge on any atom is 0.206 e. The highest BCUT2D eigenvalue weighted by Crippen LogP contribution is 2.29. The molecule has 0 saturated heterocycles. The summed E-state index contributed by atoms with van der Waals surface area (Å²) in [6.07, 6.45) is 1.46. The van der Waals surface area contributed by atoms with Gasteiger partial charge in [-0.1, -0.05) is 4.49 Å². The van der Waals surface area contributed by atoms with E-state index in [0.717, 1.165) is 11.5 Å². The van der Waals surface area contributed by atoms with Crippen LogP contribution in [0.2, 0.25) is 0 Å². The molecule has 6 heteroatoms. The third-order valence-corrected chi connectivity index (χ3v) is 3.05. The second-order valence-electron chi connectivity index (χ2n) is 3.64. The molecule has 0 radical (unpaired) electrons. The van der Waals surface area contributed by atoms with Crippen LogP contribution in [0.4, 0.5) is 0 Å². The van der Waals surface area contributed by atoms with E-state index in [1.54, 1.807) is 18.2 Å². The van der Waals surface area contributed by atoms with Gasteiger partial charge in [0.15, 0.2) is 11.5 Å². The van der Waals surface area contributed by atoms with Gasteiger partial charge in [0.1, 0.15) is 4.88 Å². The number of aromatic nitrogens is 2. The Labute approximate surface area is 115 Å². The van der Waals surface area contributed by atoms with E-state index in [9.17, 15) is 4.79 Å². The molecule has 0 amide bonds. The van der Waals surface area contributed by atoms with E-state index in [-0.39, 0.29) is 5.78 Å². The Bertz CT molecular complexity index is 555. The monoisotopic (exact) mass is 278 g/mol. The van der Waals surface area contributed by atoms with E-state index in [0.29, 0.717) is 35.2 Å². The van der Waals surface area contributed by atoms with Crippen molar-refractivity contribution in [2.45, 2.75) is 13.8 Å². The van der Waals surface area contributed by atoms with Crippen molar-refractivity contribution in [1.82, 2.24) is 9.59 Å². The van der Waals surface area contributed by atoms with Gasteiger partial charge in [0, 0.05) is 5.56 Å². The largest absolute Gasteiger partial charge is 0.490 e. The number of carbonyl (C=O) groups is 1. The van der Waals surface area contributed by atoms with Crippen LogP contribution in [0.15, 0.2) is 24.4 Å². The fourth-order valence-corrected chi connectivity index (χ4v) is 2.08. The van der Waals surface area contributed by atoms with Gasteiger partial charge in [0.2, 0.25) is 5.78 Å². The van der Waals surface area contributed by atoms with Gasteiger partial charge in [-0.2, -0.15) is 0 Å². The molecule has 2 rings (SSSR count). The Morgan fingerprint density at radius 1 is 1.21 bits per heavy atom. The lowest BCUT2D eigenvalue weighted by molar-refractivity contribution is 0.104. The maximum absolute atomic E-state index is 12.2. The van der Waals surface area contributed by atoms with Gasteiger partial charge in [-0.3, -0.25) is 4.79 Å². The van der Waals surface area contributed by atoms with Crippen molar-refractivity contribution in [3.63, 3.8) is 0 Å². The SMILES string of the molecule is CCOc1ccc(C(=O)c2cnns2)cc1OCC. The molecule has 2 aromatic rings. The lowest BCUT2D eigenvalue weighted by Crippen LogP contribution is -2.03. The second kappa shape index (κ2) is 6.29. The van der Waals surface area contributed by atoms with Crippen LogP contribution >= 0.6 is 11.5 Å². The fraction of sp³-hybridized carbons (Fsp3) is 0.308. The van der Waals surface area contributed by atoms with Crippen LogP contribution in [0.25, 0.3) is 0 Å². The molecule has 0 aliphatic carbocycles. The maximum atomic E-state index is 12.2. The van der Waals surface area contributed by atoms with Crippen molar-refractivity contribution >= 4 is 17.3 Å². The zero-order valence-corrected chi connectivity index (χ0v) is 11.6. The molecule has 0 fully saturated rings. The number of hydrogen-bond acceptors (Lipinski definition) is 6. The fourth-order valence-electron chi connectivity index (χ4n) is 1.60. The summed E-state index contributed by atoms with van der Waals surface area (Å²) in [5.74, 6) is 1.11. The summed E-state index contributed by atoms with van der Waals surface area (Å²) in [5.41, 5.74) is 0.540. The van der Waals surface area contributed by atoms with Gasteiger partial charge in [0.25, 0.3) is 0 Å². The molecule has 1 aromatic heterocycles. The lowest BCUT2D eigenvalue weighted by atomic mass is 10.1. The van der Waals surface area contributed by atoms with Gasteiger partial charge in [-0.25, -0.2) is 0 Å². The van der Waals surface area contributed by atoms with Gasteiger partial charge in [-0.05, 0) is 43.6 Å². The van der Waals surface area contributed by atoms with Crippen LogP contribution in [0.5, 0.6) is 11.5 Å². The predicted molar refractivity (Wildman–Crippen MR) is 72.1 cm³/mol. The van der Waals surface area contributed by atoms with Gasteiger partial charge < -0.3 is 9.47 Å². The van der Waals surface area contributed by atoms with Crippen molar-refractivity contribution in [3.8, 4) is 11.5 Å². The highest BCUT2D eigenvalue weighted by Gasteiger charge is 2.15. The average Bonchev–Trinajstić information content (AvgIpc) is 2.94. The highest BCUT2D eigenvalue weighted by atomic mass is 32.1. The summed E-state index contributed by atoms with van der Waals surface area (Å²) in [7, 11) is 0. The van der Waals surface area contributed by atoms with Crippen LogP contribution in [-0.4, -0.2) is 28.6 Å². The number of benzene rings is 1. The normalized spacial score (nSPS) is 10.2. The Morgan fingerprint density at radius 2 is 1.95 bits per heavy atom. The minimum Gasteiger partial charge on any atom is -0.490 e. The Morgan fingerprint density at radius 3 is 2.58 bits per heavy atom. The van der Waals surface area contributed by atoms with E-state index in [4.69, 9.17) is 9.47 Å². The first kappa shape index (κ1) is 13.5. The average molecular weight is 278 g/mol. The van der Waals surface area contributed by atoms with E-state index in [2.05, 4.69) is 9.59 Å². The Kier molecular flexibility index (Phi) is 4.46. The first-order valence-electron chi connectivity index (χ1n) is 5.98. The molecule has 0 aliphatic rings. The second-order valence-corrected chi connectivity index (χ2v) is 4.42. The number of ether oxygens (including phenoxy) is 2. The molecular formula is C13H14N2O3S. The molecule has 5 nitrogen and oxygen atoms in total. The van der Waals surface area contributed by atoms with Crippen LogP contribution in [-0.2, 0) is 0 Å². The number of carbonyl (C=O) groups excluding carboxylic acids is 1. The lowest BCUT2D eigenvalue weighted by Gasteiger charge is -2.11. The number of rotatable bonds is 6. The topological polar surface area (TPSA) is 61.3 Å². The first-order valence-corrected chi connectivity index (χ1v) is 6.75.